The first kappa shape index (κ1) is 17.0. The van der Waals surface area contributed by atoms with Gasteiger partial charge in [-0.15, -0.1) is 0 Å². The smallest absolute Gasteiger partial charge is 0.344 e. The lowest BCUT2D eigenvalue weighted by Crippen LogP contribution is -2.24. The summed E-state index contributed by atoms with van der Waals surface area (Å²) in [6, 6.07) is 13.5. The van der Waals surface area contributed by atoms with Crippen molar-refractivity contribution in [3.05, 3.63) is 59.9 Å². The number of esters is 1. The zero-order valence-electron chi connectivity index (χ0n) is 12.5. The topological polar surface area (TPSA) is 88.4 Å². The Kier molecular flexibility index (Phi) is 5.86. The molecule has 2 rings (SSSR count). The van der Waals surface area contributed by atoms with Gasteiger partial charge in [0, 0.05) is 0 Å². The lowest BCUT2D eigenvalue weighted by molar-refractivity contribution is -0.149. The van der Waals surface area contributed by atoms with Gasteiger partial charge in [0.25, 0.3) is 5.91 Å². The Hall–Kier alpha value is -3.40. The first-order valence-electron chi connectivity index (χ1n) is 6.91. The molecule has 0 atom stereocenters. The maximum absolute atomic E-state index is 12.7. The number of benzene rings is 2. The molecule has 0 aliphatic heterocycles. The number of amides is 1. The van der Waals surface area contributed by atoms with Crippen LogP contribution in [0.1, 0.15) is 5.56 Å². The Labute approximate surface area is 137 Å². The minimum atomic E-state index is -0.747. The SMILES string of the molecule is N#Cc1ccccc1NC(=O)COC(=O)COc1ccc(F)cc1. The Morgan fingerprint density at radius 2 is 1.79 bits per heavy atom. The number of carbonyl (C=O) groups is 2. The van der Waals surface area contributed by atoms with Gasteiger partial charge >= 0.3 is 5.97 Å². The largest absolute Gasteiger partial charge is 0.482 e. The monoisotopic (exact) mass is 328 g/mol. The number of nitriles is 1. The van der Waals surface area contributed by atoms with Crippen molar-refractivity contribution in [1.82, 2.24) is 0 Å². The molecule has 0 fully saturated rings. The van der Waals surface area contributed by atoms with Gasteiger partial charge in [0.05, 0.1) is 11.3 Å². The number of hydrogen-bond acceptors (Lipinski definition) is 5. The van der Waals surface area contributed by atoms with E-state index in [2.05, 4.69) is 5.32 Å². The quantitative estimate of drug-likeness (QED) is 0.822. The fourth-order valence-electron chi connectivity index (χ4n) is 1.74. The Morgan fingerprint density at radius 1 is 1.08 bits per heavy atom. The van der Waals surface area contributed by atoms with Gasteiger partial charge in [-0.3, -0.25) is 4.79 Å². The Bertz CT molecular complexity index is 769. The van der Waals surface area contributed by atoms with Crippen LogP contribution < -0.4 is 10.1 Å². The van der Waals surface area contributed by atoms with Crippen molar-refractivity contribution in [1.29, 1.82) is 5.26 Å². The van der Waals surface area contributed by atoms with E-state index in [1.807, 2.05) is 6.07 Å². The number of anilines is 1. The fourth-order valence-corrected chi connectivity index (χ4v) is 1.74. The maximum atomic E-state index is 12.7. The predicted octanol–water partition coefficient (Wildman–Crippen LogP) is 2.26. The standard InChI is InChI=1S/C17H13FN2O4/c18-13-5-7-14(8-6-13)23-11-17(22)24-10-16(21)20-15-4-2-1-3-12(15)9-19/h1-8H,10-11H2,(H,20,21). The van der Waals surface area contributed by atoms with Gasteiger partial charge in [0.2, 0.25) is 0 Å². The van der Waals surface area contributed by atoms with Crippen molar-refractivity contribution >= 4 is 17.6 Å². The van der Waals surface area contributed by atoms with Crippen molar-refractivity contribution < 1.29 is 23.5 Å². The number of ether oxygens (including phenoxy) is 2. The van der Waals surface area contributed by atoms with E-state index >= 15 is 0 Å². The molecule has 0 aliphatic rings. The molecule has 0 radical (unpaired) electrons. The van der Waals surface area contributed by atoms with Crippen LogP contribution in [0.2, 0.25) is 0 Å². The lowest BCUT2D eigenvalue weighted by atomic mass is 10.2. The average molecular weight is 328 g/mol. The number of carbonyl (C=O) groups excluding carboxylic acids is 2. The highest BCUT2D eigenvalue weighted by Crippen LogP contribution is 2.13. The van der Waals surface area contributed by atoms with E-state index in [1.165, 1.54) is 24.3 Å². The van der Waals surface area contributed by atoms with Crippen molar-refractivity contribution in [2.24, 2.45) is 0 Å². The van der Waals surface area contributed by atoms with Crippen LogP contribution in [0.15, 0.2) is 48.5 Å². The summed E-state index contributed by atoms with van der Waals surface area (Å²) in [5.74, 6) is -1.43. The maximum Gasteiger partial charge on any atom is 0.344 e. The minimum absolute atomic E-state index is 0.303. The molecule has 2 aromatic rings. The highest BCUT2D eigenvalue weighted by Gasteiger charge is 2.10. The molecule has 0 spiro atoms. The number of halogens is 1. The first-order chi connectivity index (χ1) is 11.6. The van der Waals surface area contributed by atoms with Gasteiger partial charge in [-0.25, -0.2) is 9.18 Å². The van der Waals surface area contributed by atoms with Gasteiger partial charge in [-0.1, -0.05) is 12.1 Å². The minimum Gasteiger partial charge on any atom is -0.482 e. The van der Waals surface area contributed by atoms with E-state index in [1.54, 1.807) is 24.3 Å². The number of para-hydroxylation sites is 1. The number of nitrogens with zero attached hydrogens (tertiary/aromatic N) is 1. The zero-order valence-corrected chi connectivity index (χ0v) is 12.5. The summed E-state index contributed by atoms with van der Waals surface area (Å²) in [5, 5.41) is 11.4. The fraction of sp³-hybridized carbons (Fsp3) is 0.118. The van der Waals surface area contributed by atoms with Crippen molar-refractivity contribution in [2.45, 2.75) is 0 Å². The van der Waals surface area contributed by atoms with Crippen LogP contribution in [-0.4, -0.2) is 25.1 Å². The van der Waals surface area contributed by atoms with E-state index in [0.29, 0.717) is 17.0 Å². The first-order valence-corrected chi connectivity index (χ1v) is 6.91. The summed E-state index contributed by atoms with van der Waals surface area (Å²) in [7, 11) is 0. The molecule has 1 N–H and O–H groups in total. The second kappa shape index (κ2) is 8.29. The molecule has 7 heteroatoms. The van der Waals surface area contributed by atoms with Crippen LogP contribution in [0.5, 0.6) is 5.75 Å². The number of rotatable bonds is 6. The van der Waals surface area contributed by atoms with Crippen molar-refractivity contribution in [3.63, 3.8) is 0 Å². The highest BCUT2D eigenvalue weighted by atomic mass is 19.1. The molecule has 0 bridgehead atoms. The second-order valence-electron chi connectivity index (χ2n) is 4.61. The molecular formula is C17H13FN2O4. The van der Waals surface area contributed by atoms with E-state index in [-0.39, 0.29) is 0 Å². The number of hydrogen-bond donors (Lipinski definition) is 1. The molecule has 0 saturated heterocycles. The van der Waals surface area contributed by atoms with E-state index in [4.69, 9.17) is 14.7 Å². The van der Waals surface area contributed by atoms with Crippen LogP contribution in [0, 0.1) is 17.1 Å². The van der Waals surface area contributed by atoms with E-state index in [9.17, 15) is 14.0 Å². The van der Waals surface area contributed by atoms with Crippen LogP contribution in [0.3, 0.4) is 0 Å². The van der Waals surface area contributed by atoms with Crippen molar-refractivity contribution in [3.8, 4) is 11.8 Å². The average Bonchev–Trinajstić information content (AvgIpc) is 2.60. The third-order valence-electron chi connectivity index (χ3n) is 2.86. The van der Waals surface area contributed by atoms with Gasteiger partial charge in [-0.05, 0) is 36.4 Å². The highest BCUT2D eigenvalue weighted by molar-refractivity contribution is 5.94. The summed E-state index contributed by atoms with van der Waals surface area (Å²) < 4.78 is 22.6. The Morgan fingerprint density at radius 3 is 2.50 bits per heavy atom. The van der Waals surface area contributed by atoms with Crippen LogP contribution in [-0.2, 0) is 14.3 Å². The van der Waals surface area contributed by atoms with Gasteiger partial charge in [0.1, 0.15) is 17.6 Å². The Balaban J connectivity index is 1.76. The van der Waals surface area contributed by atoms with Gasteiger partial charge < -0.3 is 14.8 Å². The van der Waals surface area contributed by atoms with E-state index < -0.39 is 30.9 Å². The summed E-state index contributed by atoms with van der Waals surface area (Å²) in [4.78, 5) is 23.2. The van der Waals surface area contributed by atoms with Crippen molar-refractivity contribution in [2.75, 3.05) is 18.5 Å². The van der Waals surface area contributed by atoms with Gasteiger partial charge in [0.15, 0.2) is 13.2 Å². The molecule has 0 unspecified atom stereocenters. The molecule has 0 aliphatic carbocycles. The number of nitrogens with one attached hydrogen (secondary N) is 1. The summed E-state index contributed by atoms with van der Waals surface area (Å²) >= 11 is 0. The summed E-state index contributed by atoms with van der Waals surface area (Å²) in [6.07, 6.45) is 0. The summed E-state index contributed by atoms with van der Waals surface area (Å²) in [5.41, 5.74) is 0.639. The summed E-state index contributed by atoms with van der Waals surface area (Å²) in [6.45, 7) is -0.918. The molecule has 24 heavy (non-hydrogen) atoms. The van der Waals surface area contributed by atoms with E-state index in [0.717, 1.165) is 0 Å². The molecule has 122 valence electrons. The molecule has 1 amide bonds. The molecule has 0 saturated carbocycles. The molecule has 6 nitrogen and oxygen atoms in total. The lowest BCUT2D eigenvalue weighted by Gasteiger charge is -2.08. The zero-order chi connectivity index (χ0) is 17.4. The molecule has 0 aromatic heterocycles. The molecule has 2 aromatic carbocycles. The van der Waals surface area contributed by atoms with Crippen LogP contribution in [0.25, 0.3) is 0 Å². The molecule has 0 heterocycles. The normalized spacial score (nSPS) is 9.67. The third-order valence-corrected chi connectivity index (χ3v) is 2.86. The predicted molar refractivity (Wildman–Crippen MR) is 82.6 cm³/mol. The third kappa shape index (κ3) is 5.10. The molecular weight excluding hydrogens is 315 g/mol. The van der Waals surface area contributed by atoms with Gasteiger partial charge in [-0.2, -0.15) is 5.26 Å². The second-order valence-corrected chi connectivity index (χ2v) is 4.61. The van der Waals surface area contributed by atoms with Crippen LogP contribution >= 0.6 is 0 Å². The van der Waals surface area contributed by atoms with Crippen LogP contribution in [0.4, 0.5) is 10.1 Å².